The molecular weight excluding hydrogens is 572 g/mol. The van der Waals surface area contributed by atoms with E-state index in [1.807, 2.05) is 6.92 Å². The van der Waals surface area contributed by atoms with Crippen molar-refractivity contribution in [3.8, 4) is 0 Å². The van der Waals surface area contributed by atoms with Crippen LogP contribution in [-0.2, 0) is 28.5 Å². The zero-order valence-electron chi connectivity index (χ0n) is 26.4. The minimum atomic E-state index is -1.46. The van der Waals surface area contributed by atoms with Gasteiger partial charge in [-0.2, -0.15) is 0 Å². The first kappa shape index (κ1) is 31.7. The molecule has 11 nitrogen and oxygen atoms in total. The highest BCUT2D eigenvalue weighted by atomic mass is 16.7. The number of carbonyl (C=O) groups excluding carboxylic acids is 1. The second-order valence-electron chi connectivity index (χ2n) is 15.8. The van der Waals surface area contributed by atoms with E-state index in [-0.39, 0.29) is 65.9 Å². The Morgan fingerprint density at radius 1 is 0.795 bits per heavy atom. The van der Waals surface area contributed by atoms with Crippen molar-refractivity contribution < 1.29 is 54.0 Å². The van der Waals surface area contributed by atoms with Crippen LogP contribution >= 0.6 is 0 Å². The van der Waals surface area contributed by atoms with E-state index in [1.165, 1.54) is 0 Å². The number of aliphatic hydroxyl groups excluding tert-OH is 5. The SMILES string of the molecule is C[C@@H]1C(=O)O[C@H]2C[C@H]3[C@@H]4C[C@H](O[C@H]5C[C@@H](O[C@@H]6OC[C@@H](O)[C@H](O)[C@H]6O)[C@H](O)[C@@H](C)O5)[C@H]5C[C@@H](O)CC[C@]5(C)[C@H]4CC[C@]3(C)[C@H]21. The summed E-state index contributed by atoms with van der Waals surface area (Å²) >= 11 is 0. The summed E-state index contributed by atoms with van der Waals surface area (Å²) in [5, 5.41) is 52.2. The summed E-state index contributed by atoms with van der Waals surface area (Å²) in [4.78, 5) is 12.5. The second kappa shape index (κ2) is 11.4. The molecule has 3 heterocycles. The van der Waals surface area contributed by atoms with Crippen molar-refractivity contribution in [2.45, 2.75) is 147 Å². The van der Waals surface area contributed by atoms with Crippen LogP contribution in [0.3, 0.4) is 0 Å². The minimum Gasteiger partial charge on any atom is -0.462 e. The molecule has 0 aromatic rings. The van der Waals surface area contributed by atoms with Crippen LogP contribution in [0, 0.1) is 46.3 Å². The molecule has 4 aliphatic carbocycles. The van der Waals surface area contributed by atoms with Crippen molar-refractivity contribution in [1.82, 2.24) is 0 Å². The summed E-state index contributed by atoms with van der Waals surface area (Å²) in [5.41, 5.74) is 0.0397. The Labute approximate surface area is 259 Å². The molecule has 11 heteroatoms. The molecule has 3 aliphatic heterocycles. The topological polar surface area (TPSA) is 164 Å². The van der Waals surface area contributed by atoms with Gasteiger partial charge in [-0.15, -0.1) is 0 Å². The largest absolute Gasteiger partial charge is 0.462 e. The number of hydrogen-bond acceptors (Lipinski definition) is 11. The number of esters is 1. The lowest BCUT2D eigenvalue weighted by atomic mass is 9.43. The number of ether oxygens (including phenoxy) is 5. The summed E-state index contributed by atoms with van der Waals surface area (Å²) in [6.07, 6.45) is -2.36. The van der Waals surface area contributed by atoms with E-state index in [2.05, 4.69) is 13.8 Å². The molecule has 7 rings (SSSR count). The molecular formula is C33H52O11. The molecule has 4 saturated carbocycles. The van der Waals surface area contributed by atoms with Crippen LogP contribution in [0.4, 0.5) is 0 Å². The van der Waals surface area contributed by atoms with Gasteiger partial charge in [-0.1, -0.05) is 20.8 Å². The van der Waals surface area contributed by atoms with Crippen LogP contribution in [0.1, 0.15) is 79.1 Å². The van der Waals surface area contributed by atoms with Gasteiger partial charge in [-0.05, 0) is 86.4 Å². The lowest BCUT2D eigenvalue weighted by molar-refractivity contribution is -0.329. The standard InChI is InChI=1S/C33H52O11/c1-14-26-23(43-30(14)39)11-19-17-10-22(20-9-16(34)5-7-32(20,3)18(17)6-8-33(19,26)4)42-25-12-24(27(36)15(2)41-25)44-31-29(38)28(37)21(35)13-40-31/h14-29,31,34-38H,5-13H2,1-4H3/t14-,15+,16-,17+,18-,19-,20+,21+,22-,23-,24+,25-,26-,27+,28-,29+,31-,32+,33-/m0/s1. The zero-order valence-corrected chi connectivity index (χ0v) is 26.4. The molecule has 7 aliphatic rings. The quantitative estimate of drug-likeness (QED) is 0.227. The Balaban J connectivity index is 1.12. The Hall–Kier alpha value is -0.890. The molecule has 5 N–H and O–H groups in total. The molecule has 44 heavy (non-hydrogen) atoms. The first-order valence-corrected chi connectivity index (χ1v) is 17.0. The zero-order chi connectivity index (χ0) is 31.3. The summed E-state index contributed by atoms with van der Waals surface area (Å²) in [5.74, 6) is 1.62. The van der Waals surface area contributed by atoms with Crippen molar-refractivity contribution in [3.63, 3.8) is 0 Å². The fourth-order valence-corrected chi connectivity index (χ4v) is 11.3. The summed E-state index contributed by atoms with van der Waals surface area (Å²) in [6.45, 7) is 8.39. The summed E-state index contributed by atoms with van der Waals surface area (Å²) < 4.78 is 30.4. The first-order chi connectivity index (χ1) is 20.8. The molecule has 0 spiro atoms. The third-order valence-corrected chi connectivity index (χ3v) is 13.6. The molecule has 0 bridgehead atoms. The van der Waals surface area contributed by atoms with Gasteiger partial charge in [0.15, 0.2) is 12.6 Å². The van der Waals surface area contributed by atoms with Crippen LogP contribution in [-0.4, -0.2) is 106 Å². The average molecular weight is 625 g/mol. The van der Waals surface area contributed by atoms with E-state index in [4.69, 9.17) is 23.7 Å². The predicted molar refractivity (Wildman–Crippen MR) is 153 cm³/mol. The van der Waals surface area contributed by atoms with Crippen LogP contribution in [0.5, 0.6) is 0 Å². The van der Waals surface area contributed by atoms with E-state index in [1.54, 1.807) is 6.92 Å². The van der Waals surface area contributed by atoms with Crippen LogP contribution in [0.15, 0.2) is 0 Å². The first-order valence-electron chi connectivity index (χ1n) is 17.0. The van der Waals surface area contributed by atoms with E-state index in [9.17, 15) is 30.3 Å². The Morgan fingerprint density at radius 3 is 2.32 bits per heavy atom. The fourth-order valence-electron chi connectivity index (χ4n) is 11.3. The smallest absolute Gasteiger partial charge is 0.309 e. The van der Waals surface area contributed by atoms with Gasteiger partial charge in [-0.3, -0.25) is 4.79 Å². The maximum atomic E-state index is 12.5. The van der Waals surface area contributed by atoms with Crippen molar-refractivity contribution in [2.75, 3.05) is 6.61 Å². The van der Waals surface area contributed by atoms with Gasteiger partial charge in [0.05, 0.1) is 36.9 Å². The molecule has 0 unspecified atom stereocenters. The van der Waals surface area contributed by atoms with Crippen molar-refractivity contribution >= 4 is 5.97 Å². The maximum Gasteiger partial charge on any atom is 0.309 e. The lowest BCUT2D eigenvalue weighted by Gasteiger charge is -2.63. The van der Waals surface area contributed by atoms with Crippen LogP contribution in [0.25, 0.3) is 0 Å². The Kier molecular flexibility index (Phi) is 8.19. The second-order valence-corrected chi connectivity index (χ2v) is 15.8. The lowest BCUT2D eigenvalue weighted by Crippen LogP contribution is -2.60. The molecule has 3 saturated heterocycles. The summed E-state index contributed by atoms with van der Waals surface area (Å²) in [7, 11) is 0. The Morgan fingerprint density at radius 2 is 1.55 bits per heavy atom. The molecule has 250 valence electrons. The van der Waals surface area contributed by atoms with E-state index >= 15 is 0 Å². The van der Waals surface area contributed by atoms with Gasteiger partial charge >= 0.3 is 5.97 Å². The van der Waals surface area contributed by atoms with E-state index in [0.717, 1.165) is 38.5 Å². The normalized spacial score (nSPS) is 58.8. The maximum absolute atomic E-state index is 12.5. The minimum absolute atomic E-state index is 0.000848. The van der Waals surface area contributed by atoms with Crippen LogP contribution in [0.2, 0.25) is 0 Å². The fraction of sp³-hybridized carbons (Fsp3) is 0.970. The highest BCUT2D eigenvalue weighted by Crippen LogP contribution is 2.69. The molecule has 7 fully saturated rings. The number of hydrogen-bond donors (Lipinski definition) is 5. The van der Waals surface area contributed by atoms with Crippen LogP contribution < -0.4 is 0 Å². The van der Waals surface area contributed by atoms with Gasteiger partial charge in [0.1, 0.15) is 30.5 Å². The van der Waals surface area contributed by atoms with Crippen molar-refractivity contribution in [2.24, 2.45) is 46.3 Å². The number of rotatable bonds is 4. The third-order valence-electron chi connectivity index (χ3n) is 13.6. The molecule has 19 atom stereocenters. The van der Waals surface area contributed by atoms with E-state index < -0.39 is 49.2 Å². The monoisotopic (exact) mass is 624 g/mol. The van der Waals surface area contributed by atoms with Gasteiger partial charge in [0.2, 0.25) is 0 Å². The van der Waals surface area contributed by atoms with Gasteiger partial charge in [-0.25, -0.2) is 0 Å². The molecule has 0 aromatic carbocycles. The number of carbonyl (C=O) groups is 1. The van der Waals surface area contributed by atoms with Crippen molar-refractivity contribution in [3.05, 3.63) is 0 Å². The Bertz CT molecular complexity index is 1090. The molecule has 0 radical (unpaired) electrons. The number of aliphatic hydroxyl groups is 5. The highest BCUT2D eigenvalue weighted by molar-refractivity contribution is 5.75. The van der Waals surface area contributed by atoms with E-state index in [0.29, 0.717) is 24.2 Å². The van der Waals surface area contributed by atoms with Gasteiger partial charge < -0.3 is 49.2 Å². The summed E-state index contributed by atoms with van der Waals surface area (Å²) in [6, 6.07) is 0. The van der Waals surface area contributed by atoms with Crippen molar-refractivity contribution in [1.29, 1.82) is 0 Å². The highest BCUT2D eigenvalue weighted by Gasteiger charge is 2.67. The van der Waals surface area contributed by atoms with Gasteiger partial charge in [0.25, 0.3) is 0 Å². The van der Waals surface area contributed by atoms with Gasteiger partial charge in [0, 0.05) is 12.3 Å². The number of fused-ring (bicyclic) bond motifs is 7. The molecule has 0 aromatic heterocycles. The average Bonchev–Trinajstić information content (AvgIpc) is 3.44. The predicted octanol–water partition coefficient (Wildman–Crippen LogP) is 1.49. The molecule has 0 amide bonds. The third kappa shape index (κ3) is 4.91.